The molecular formula is C33H37ClN4O8. The molecular weight excluding hydrogens is 616 g/mol. The molecule has 0 bridgehead atoms. The molecule has 0 spiro atoms. The van der Waals surface area contributed by atoms with E-state index >= 15 is 0 Å². The topological polar surface area (TPSA) is 152 Å². The van der Waals surface area contributed by atoms with E-state index in [0.717, 1.165) is 5.56 Å². The molecule has 3 aromatic rings. The van der Waals surface area contributed by atoms with Gasteiger partial charge in [0, 0.05) is 35.9 Å². The van der Waals surface area contributed by atoms with E-state index < -0.39 is 34.9 Å². The maximum atomic E-state index is 13.1. The minimum Gasteiger partial charge on any atom is -0.444 e. The van der Waals surface area contributed by atoms with Crippen molar-refractivity contribution in [3.05, 3.63) is 99.1 Å². The zero-order chi connectivity index (χ0) is 33.4. The number of carbonyl (C=O) groups excluding carboxylic acids is 3. The monoisotopic (exact) mass is 652 g/mol. The lowest BCUT2D eigenvalue weighted by Gasteiger charge is -2.29. The first kappa shape index (κ1) is 34.2. The second kappa shape index (κ2) is 15.1. The minimum atomic E-state index is -0.967. The largest absolute Gasteiger partial charge is 0.444 e. The number of anilines is 1. The molecule has 1 fully saturated rings. The van der Waals surface area contributed by atoms with Crippen molar-refractivity contribution in [3.8, 4) is 5.75 Å². The van der Waals surface area contributed by atoms with E-state index in [-0.39, 0.29) is 30.4 Å². The number of aliphatic hydroxyl groups is 1. The van der Waals surface area contributed by atoms with Crippen molar-refractivity contribution >= 4 is 41.1 Å². The Morgan fingerprint density at radius 3 is 2.43 bits per heavy atom. The molecule has 0 aromatic heterocycles. The number of non-ortho nitro benzene ring substituents is 1. The third-order valence-electron chi connectivity index (χ3n) is 7.21. The Kier molecular flexibility index (Phi) is 11.2. The van der Waals surface area contributed by atoms with Crippen LogP contribution in [0, 0.1) is 10.1 Å². The predicted octanol–water partition coefficient (Wildman–Crippen LogP) is 6.36. The van der Waals surface area contributed by atoms with Gasteiger partial charge in [0.15, 0.2) is 0 Å². The maximum Gasteiger partial charge on any atom is 0.415 e. The summed E-state index contributed by atoms with van der Waals surface area (Å²) in [5.74, 6) is -0.224. The van der Waals surface area contributed by atoms with Crippen LogP contribution in [0.25, 0.3) is 0 Å². The van der Waals surface area contributed by atoms with Crippen molar-refractivity contribution in [1.82, 2.24) is 9.80 Å². The van der Waals surface area contributed by atoms with Gasteiger partial charge < -0.3 is 24.8 Å². The molecule has 2 N–H and O–H groups in total. The van der Waals surface area contributed by atoms with Crippen LogP contribution < -0.4 is 10.1 Å². The Morgan fingerprint density at radius 1 is 1.11 bits per heavy atom. The Labute approximate surface area is 272 Å². The van der Waals surface area contributed by atoms with Crippen LogP contribution >= 0.6 is 11.6 Å². The van der Waals surface area contributed by atoms with Gasteiger partial charge in [-0.1, -0.05) is 35.9 Å². The van der Waals surface area contributed by atoms with Crippen LogP contribution in [0.5, 0.6) is 5.75 Å². The molecule has 2 atom stereocenters. The van der Waals surface area contributed by atoms with Crippen LogP contribution in [-0.2, 0) is 16.0 Å². The van der Waals surface area contributed by atoms with Gasteiger partial charge in [0.2, 0.25) is 5.91 Å². The van der Waals surface area contributed by atoms with E-state index in [1.165, 1.54) is 34.1 Å². The molecule has 13 heteroatoms. The average molecular weight is 653 g/mol. The van der Waals surface area contributed by atoms with Crippen LogP contribution in [0.2, 0.25) is 5.02 Å². The SMILES string of the molecule is CC(C)(C)OC(=O)N(CCc1ccc(NC(=O)[C@@H]2CCCN2C(=O)Oc2ccc([N+](=O)[O-])cc2)cc1)C[C@H](O)c1cccc(Cl)c1. The fraction of sp³-hybridized carbons (Fsp3) is 0.364. The normalized spacial score (nSPS) is 15.2. The summed E-state index contributed by atoms with van der Waals surface area (Å²) < 4.78 is 10.9. The van der Waals surface area contributed by atoms with E-state index in [4.69, 9.17) is 21.1 Å². The van der Waals surface area contributed by atoms with Gasteiger partial charge in [-0.2, -0.15) is 0 Å². The molecule has 3 aromatic carbocycles. The molecule has 0 unspecified atom stereocenters. The predicted molar refractivity (Wildman–Crippen MR) is 172 cm³/mol. The lowest BCUT2D eigenvalue weighted by atomic mass is 10.1. The highest BCUT2D eigenvalue weighted by Gasteiger charge is 2.35. The van der Waals surface area contributed by atoms with Crippen molar-refractivity contribution < 1.29 is 33.9 Å². The molecule has 1 saturated heterocycles. The van der Waals surface area contributed by atoms with Gasteiger partial charge in [-0.3, -0.25) is 19.8 Å². The molecule has 0 radical (unpaired) electrons. The Morgan fingerprint density at radius 2 is 1.80 bits per heavy atom. The number of hydrogen-bond acceptors (Lipinski definition) is 8. The van der Waals surface area contributed by atoms with Crippen molar-refractivity contribution in [1.29, 1.82) is 0 Å². The fourth-order valence-corrected chi connectivity index (χ4v) is 5.11. The summed E-state index contributed by atoms with van der Waals surface area (Å²) in [6, 6.07) is 18.3. The number of carbonyl (C=O) groups is 3. The number of nitrogens with one attached hydrogen (secondary N) is 1. The number of halogens is 1. The fourth-order valence-electron chi connectivity index (χ4n) is 4.91. The summed E-state index contributed by atoms with van der Waals surface area (Å²) >= 11 is 6.08. The standard InChI is InChI=1S/C33H37ClN4O8/c1-33(2,3)46-31(41)36(21-29(39)23-6-4-7-24(34)20-23)19-17-22-9-11-25(12-10-22)35-30(40)28-8-5-18-37(28)32(42)45-27-15-13-26(14-16-27)38(43)44/h4,6-7,9-16,20,28-29,39H,5,8,17-19,21H2,1-3H3,(H,35,40)/t28-,29-/m0/s1. The highest BCUT2D eigenvalue weighted by Crippen LogP contribution is 2.24. The van der Waals surface area contributed by atoms with Crippen molar-refractivity contribution in [3.63, 3.8) is 0 Å². The second-order valence-corrected chi connectivity index (χ2v) is 12.3. The zero-order valence-corrected chi connectivity index (χ0v) is 26.6. The third-order valence-corrected chi connectivity index (χ3v) is 7.45. The summed E-state index contributed by atoms with van der Waals surface area (Å²) in [7, 11) is 0. The first-order valence-corrected chi connectivity index (χ1v) is 15.2. The summed E-state index contributed by atoms with van der Waals surface area (Å²) in [6.07, 6.45) is -0.693. The summed E-state index contributed by atoms with van der Waals surface area (Å²) in [4.78, 5) is 52.0. The van der Waals surface area contributed by atoms with Gasteiger partial charge in [0.05, 0.1) is 17.6 Å². The van der Waals surface area contributed by atoms with Gasteiger partial charge >= 0.3 is 12.2 Å². The lowest BCUT2D eigenvalue weighted by Crippen LogP contribution is -2.44. The molecule has 1 aliphatic rings. The third kappa shape index (κ3) is 9.66. The Balaban J connectivity index is 1.34. The number of aliphatic hydroxyl groups excluding tert-OH is 1. The molecule has 244 valence electrons. The van der Waals surface area contributed by atoms with E-state index in [9.17, 15) is 29.6 Å². The highest BCUT2D eigenvalue weighted by atomic mass is 35.5. The van der Waals surface area contributed by atoms with E-state index in [2.05, 4.69) is 5.32 Å². The van der Waals surface area contributed by atoms with Gasteiger partial charge in [-0.25, -0.2) is 9.59 Å². The van der Waals surface area contributed by atoms with Crippen LogP contribution in [0.15, 0.2) is 72.8 Å². The number of nitro benzene ring substituents is 1. The van der Waals surface area contributed by atoms with Crippen molar-refractivity contribution in [2.45, 2.75) is 57.8 Å². The second-order valence-electron chi connectivity index (χ2n) is 11.9. The summed E-state index contributed by atoms with van der Waals surface area (Å²) in [5.41, 5.74) is 1.16. The Bertz CT molecular complexity index is 1540. The Hall–Kier alpha value is -4.68. The van der Waals surface area contributed by atoms with Crippen LogP contribution in [0.4, 0.5) is 21.0 Å². The first-order valence-electron chi connectivity index (χ1n) is 14.8. The molecule has 0 aliphatic carbocycles. The number of hydrogen-bond donors (Lipinski definition) is 2. The lowest BCUT2D eigenvalue weighted by molar-refractivity contribution is -0.384. The number of nitro groups is 1. The quantitative estimate of drug-likeness (QED) is 0.190. The van der Waals surface area contributed by atoms with Crippen molar-refractivity contribution in [2.24, 2.45) is 0 Å². The van der Waals surface area contributed by atoms with Crippen LogP contribution in [0.1, 0.15) is 50.8 Å². The van der Waals surface area contributed by atoms with E-state index in [0.29, 0.717) is 42.1 Å². The number of rotatable bonds is 10. The number of likely N-dealkylation sites (tertiary alicyclic amines) is 1. The molecule has 12 nitrogen and oxygen atoms in total. The number of nitrogens with zero attached hydrogens (tertiary/aromatic N) is 3. The number of ether oxygens (including phenoxy) is 2. The van der Waals surface area contributed by atoms with Crippen LogP contribution in [0.3, 0.4) is 0 Å². The molecule has 0 saturated carbocycles. The van der Waals surface area contributed by atoms with Crippen LogP contribution in [-0.4, -0.2) is 69.2 Å². The van der Waals surface area contributed by atoms with E-state index in [1.807, 2.05) is 12.1 Å². The average Bonchev–Trinajstić information content (AvgIpc) is 3.50. The van der Waals surface area contributed by atoms with Gasteiger partial charge in [-0.05, 0) is 87.6 Å². The summed E-state index contributed by atoms with van der Waals surface area (Å²) in [6.45, 7) is 5.94. The molecule has 46 heavy (non-hydrogen) atoms. The molecule has 1 aliphatic heterocycles. The first-order chi connectivity index (χ1) is 21.8. The van der Waals surface area contributed by atoms with E-state index in [1.54, 1.807) is 57.2 Å². The highest BCUT2D eigenvalue weighted by molar-refractivity contribution is 6.30. The van der Waals surface area contributed by atoms with Crippen molar-refractivity contribution in [2.75, 3.05) is 25.0 Å². The minimum absolute atomic E-state index is 0.00785. The van der Waals surface area contributed by atoms with Gasteiger partial charge in [0.25, 0.3) is 5.69 Å². The molecule has 3 amide bonds. The zero-order valence-electron chi connectivity index (χ0n) is 25.9. The summed E-state index contributed by atoms with van der Waals surface area (Å²) in [5, 5.41) is 25.0. The molecule has 1 heterocycles. The number of benzene rings is 3. The maximum absolute atomic E-state index is 13.1. The molecule has 4 rings (SSSR count). The van der Waals surface area contributed by atoms with Gasteiger partial charge in [0.1, 0.15) is 17.4 Å². The smallest absolute Gasteiger partial charge is 0.415 e. The van der Waals surface area contributed by atoms with Gasteiger partial charge in [-0.15, -0.1) is 0 Å². The number of amides is 3.